The van der Waals surface area contributed by atoms with Crippen LogP contribution >= 0.6 is 11.6 Å². The molecule has 0 aliphatic rings. The van der Waals surface area contributed by atoms with Crippen molar-refractivity contribution in [3.05, 3.63) is 59.1 Å². The van der Waals surface area contributed by atoms with Crippen LogP contribution in [-0.4, -0.2) is 25.7 Å². The largest absolute Gasteiger partial charge is 0.493 e. The number of carbonyl (C=O) groups excluding carboxylic acids is 1. The minimum atomic E-state index is -0.600. The molecule has 2 aromatic carbocycles. The molecule has 1 atom stereocenters. The molecule has 0 heterocycles. The fraction of sp³-hybridized carbons (Fsp3) is 0.278. The topological polar surface area (TPSA) is 47.6 Å². The van der Waals surface area contributed by atoms with Crippen molar-refractivity contribution in [2.75, 3.05) is 13.7 Å². The lowest BCUT2D eigenvalue weighted by molar-refractivity contribution is -0.127. The molecule has 0 aromatic heterocycles. The zero-order valence-corrected chi connectivity index (χ0v) is 14.0. The Hall–Kier alpha value is -2.20. The third-order valence-corrected chi connectivity index (χ3v) is 3.62. The number of benzene rings is 2. The van der Waals surface area contributed by atoms with Crippen molar-refractivity contribution in [2.45, 2.75) is 19.4 Å². The Kier molecular flexibility index (Phi) is 6.29. The Morgan fingerprint density at radius 1 is 1.13 bits per heavy atom. The van der Waals surface area contributed by atoms with E-state index in [0.29, 0.717) is 23.1 Å². The Morgan fingerprint density at radius 2 is 1.78 bits per heavy atom. The number of ether oxygens (including phenoxy) is 2. The van der Waals surface area contributed by atoms with Gasteiger partial charge in [0.25, 0.3) is 5.91 Å². The minimum absolute atomic E-state index is 0.162. The van der Waals surface area contributed by atoms with Gasteiger partial charge in [0.2, 0.25) is 0 Å². The number of hydrogen-bond donors (Lipinski definition) is 1. The summed E-state index contributed by atoms with van der Waals surface area (Å²) in [5.74, 6) is 0.994. The van der Waals surface area contributed by atoms with Crippen LogP contribution in [0.15, 0.2) is 48.5 Å². The van der Waals surface area contributed by atoms with Gasteiger partial charge in [-0.25, -0.2) is 0 Å². The molecule has 0 bridgehead atoms. The van der Waals surface area contributed by atoms with Crippen molar-refractivity contribution < 1.29 is 14.3 Å². The van der Waals surface area contributed by atoms with Crippen LogP contribution in [0.3, 0.4) is 0 Å². The maximum absolute atomic E-state index is 12.1. The van der Waals surface area contributed by atoms with Crippen LogP contribution in [-0.2, 0) is 11.2 Å². The summed E-state index contributed by atoms with van der Waals surface area (Å²) in [6, 6.07) is 14.8. The zero-order chi connectivity index (χ0) is 16.7. The average molecular weight is 334 g/mol. The standard InChI is InChI=1S/C18H20ClNO3/c1-13(23-17-6-4-3-5-16(17)22-2)18(21)20-12-11-14-7-9-15(19)10-8-14/h3-10,13H,11-12H2,1-2H3,(H,20,21)/t13-/m0/s1. The predicted molar refractivity (Wildman–Crippen MR) is 91.2 cm³/mol. The number of para-hydroxylation sites is 2. The van der Waals surface area contributed by atoms with E-state index >= 15 is 0 Å². The third kappa shape index (κ3) is 5.18. The first-order valence-electron chi connectivity index (χ1n) is 7.42. The van der Waals surface area contributed by atoms with E-state index in [4.69, 9.17) is 21.1 Å². The van der Waals surface area contributed by atoms with E-state index in [1.807, 2.05) is 36.4 Å². The lowest BCUT2D eigenvalue weighted by atomic mass is 10.1. The lowest BCUT2D eigenvalue weighted by Crippen LogP contribution is -2.37. The number of halogens is 1. The van der Waals surface area contributed by atoms with Gasteiger partial charge >= 0.3 is 0 Å². The van der Waals surface area contributed by atoms with E-state index in [-0.39, 0.29) is 5.91 Å². The van der Waals surface area contributed by atoms with Crippen molar-refractivity contribution in [3.63, 3.8) is 0 Å². The first-order chi connectivity index (χ1) is 11.1. The number of amides is 1. The maximum atomic E-state index is 12.1. The SMILES string of the molecule is COc1ccccc1O[C@@H](C)C(=O)NCCc1ccc(Cl)cc1. The second kappa shape index (κ2) is 8.44. The summed E-state index contributed by atoms with van der Waals surface area (Å²) in [6.45, 7) is 2.25. The summed E-state index contributed by atoms with van der Waals surface area (Å²) in [5.41, 5.74) is 1.12. The number of methoxy groups -OCH3 is 1. The minimum Gasteiger partial charge on any atom is -0.493 e. The highest BCUT2D eigenvalue weighted by atomic mass is 35.5. The highest BCUT2D eigenvalue weighted by molar-refractivity contribution is 6.30. The summed E-state index contributed by atoms with van der Waals surface area (Å²) in [5, 5.41) is 3.57. The summed E-state index contributed by atoms with van der Waals surface area (Å²) in [7, 11) is 1.57. The van der Waals surface area contributed by atoms with Gasteiger partial charge in [-0.15, -0.1) is 0 Å². The van der Waals surface area contributed by atoms with E-state index in [2.05, 4.69) is 5.32 Å². The Balaban J connectivity index is 1.81. The second-order valence-corrected chi connectivity index (χ2v) is 5.51. The smallest absolute Gasteiger partial charge is 0.260 e. The van der Waals surface area contributed by atoms with E-state index in [1.54, 1.807) is 26.2 Å². The highest BCUT2D eigenvalue weighted by Crippen LogP contribution is 2.26. The maximum Gasteiger partial charge on any atom is 0.260 e. The molecule has 122 valence electrons. The monoisotopic (exact) mass is 333 g/mol. The molecule has 0 unspecified atom stereocenters. The summed E-state index contributed by atoms with van der Waals surface area (Å²) >= 11 is 5.84. The van der Waals surface area contributed by atoms with Gasteiger partial charge in [0.1, 0.15) is 0 Å². The lowest BCUT2D eigenvalue weighted by Gasteiger charge is -2.16. The molecule has 0 fully saturated rings. The quantitative estimate of drug-likeness (QED) is 0.844. The first kappa shape index (κ1) is 17.2. The van der Waals surface area contributed by atoms with Crippen molar-refractivity contribution in [1.82, 2.24) is 5.32 Å². The third-order valence-electron chi connectivity index (χ3n) is 3.37. The molecule has 0 aliphatic carbocycles. The molecule has 4 nitrogen and oxygen atoms in total. The zero-order valence-electron chi connectivity index (χ0n) is 13.2. The highest BCUT2D eigenvalue weighted by Gasteiger charge is 2.16. The molecular formula is C18H20ClNO3. The molecule has 0 spiro atoms. The summed E-state index contributed by atoms with van der Waals surface area (Å²) in [6.07, 6.45) is 0.140. The number of rotatable bonds is 7. The Bertz CT molecular complexity index is 643. The van der Waals surface area contributed by atoms with E-state index in [0.717, 1.165) is 12.0 Å². The fourth-order valence-corrected chi connectivity index (χ4v) is 2.21. The van der Waals surface area contributed by atoms with Crippen LogP contribution in [0.2, 0.25) is 5.02 Å². The Labute approximate surface area is 141 Å². The number of nitrogens with one attached hydrogen (secondary N) is 1. The van der Waals surface area contributed by atoms with Crippen molar-refractivity contribution in [1.29, 1.82) is 0 Å². The van der Waals surface area contributed by atoms with E-state index in [9.17, 15) is 4.79 Å². The summed E-state index contributed by atoms with van der Waals surface area (Å²) in [4.78, 5) is 12.1. The van der Waals surface area contributed by atoms with Crippen LogP contribution in [0.5, 0.6) is 11.5 Å². The van der Waals surface area contributed by atoms with Gasteiger partial charge < -0.3 is 14.8 Å². The van der Waals surface area contributed by atoms with Crippen LogP contribution in [0.1, 0.15) is 12.5 Å². The molecule has 2 aromatic rings. The van der Waals surface area contributed by atoms with Crippen LogP contribution in [0, 0.1) is 0 Å². The molecule has 23 heavy (non-hydrogen) atoms. The fourth-order valence-electron chi connectivity index (χ4n) is 2.08. The predicted octanol–water partition coefficient (Wildman–Crippen LogP) is 3.47. The van der Waals surface area contributed by atoms with Gasteiger partial charge in [-0.05, 0) is 43.2 Å². The van der Waals surface area contributed by atoms with Crippen molar-refractivity contribution in [3.8, 4) is 11.5 Å². The Morgan fingerprint density at radius 3 is 2.43 bits per heavy atom. The molecule has 0 saturated carbocycles. The first-order valence-corrected chi connectivity index (χ1v) is 7.80. The molecule has 5 heteroatoms. The molecule has 1 amide bonds. The molecule has 0 saturated heterocycles. The van der Waals surface area contributed by atoms with Gasteiger partial charge in [-0.1, -0.05) is 35.9 Å². The van der Waals surface area contributed by atoms with Gasteiger partial charge in [0.05, 0.1) is 7.11 Å². The van der Waals surface area contributed by atoms with Crippen LogP contribution in [0.25, 0.3) is 0 Å². The van der Waals surface area contributed by atoms with Gasteiger partial charge in [0.15, 0.2) is 17.6 Å². The van der Waals surface area contributed by atoms with Gasteiger partial charge in [-0.3, -0.25) is 4.79 Å². The molecular weight excluding hydrogens is 314 g/mol. The van der Waals surface area contributed by atoms with Gasteiger partial charge in [-0.2, -0.15) is 0 Å². The summed E-state index contributed by atoms with van der Waals surface area (Å²) < 4.78 is 10.9. The molecule has 2 rings (SSSR count). The average Bonchev–Trinajstić information content (AvgIpc) is 2.57. The van der Waals surface area contributed by atoms with Gasteiger partial charge in [0, 0.05) is 11.6 Å². The second-order valence-electron chi connectivity index (χ2n) is 5.08. The number of hydrogen-bond acceptors (Lipinski definition) is 3. The van der Waals surface area contributed by atoms with Crippen molar-refractivity contribution in [2.24, 2.45) is 0 Å². The van der Waals surface area contributed by atoms with E-state index < -0.39 is 6.10 Å². The molecule has 1 N–H and O–H groups in total. The van der Waals surface area contributed by atoms with Crippen LogP contribution < -0.4 is 14.8 Å². The molecule has 0 aliphatic heterocycles. The molecule has 0 radical (unpaired) electrons. The normalized spacial score (nSPS) is 11.6. The van der Waals surface area contributed by atoms with Crippen molar-refractivity contribution >= 4 is 17.5 Å². The number of carbonyl (C=O) groups is 1. The van der Waals surface area contributed by atoms with E-state index in [1.165, 1.54) is 0 Å². The van der Waals surface area contributed by atoms with Crippen LogP contribution in [0.4, 0.5) is 0 Å².